The molecule has 0 aliphatic carbocycles. The molecule has 2 fully saturated rings. The van der Waals surface area contributed by atoms with Crippen LogP contribution in [0.1, 0.15) is 25.8 Å². The van der Waals surface area contributed by atoms with Crippen LogP contribution in [0.2, 0.25) is 0 Å². The molecule has 4 amide bonds. The molecule has 8 nitrogen and oxygen atoms in total. The molecule has 1 aromatic rings. The first-order valence-electron chi connectivity index (χ1n) is 9.08. The third kappa shape index (κ3) is 3.83. The lowest BCUT2D eigenvalue weighted by Crippen LogP contribution is -2.48. The van der Waals surface area contributed by atoms with Crippen LogP contribution in [0.25, 0.3) is 0 Å². The molecule has 0 aromatic heterocycles. The summed E-state index contributed by atoms with van der Waals surface area (Å²) in [6.07, 6.45) is 0.286. The summed E-state index contributed by atoms with van der Waals surface area (Å²) in [5.41, 5.74) is -2.21. The van der Waals surface area contributed by atoms with E-state index in [-0.39, 0.29) is 30.0 Å². The molecule has 2 heterocycles. The Bertz CT molecular complexity index is 984. The van der Waals surface area contributed by atoms with Crippen molar-refractivity contribution in [1.29, 1.82) is 0 Å². The number of nitrogens with one attached hydrogen (secondary N) is 1. The van der Waals surface area contributed by atoms with Crippen molar-refractivity contribution in [3.63, 3.8) is 0 Å². The van der Waals surface area contributed by atoms with E-state index in [2.05, 4.69) is 5.32 Å². The molecular weight excluding hydrogens is 408 g/mol. The van der Waals surface area contributed by atoms with Gasteiger partial charge in [0.05, 0.1) is 11.5 Å². The number of benzene rings is 1. The number of hydrogen-bond donors (Lipinski definition) is 1. The van der Waals surface area contributed by atoms with Crippen molar-refractivity contribution in [2.75, 3.05) is 24.6 Å². The Kier molecular flexibility index (Phi) is 5.37. The first-order chi connectivity index (χ1) is 13.5. The highest BCUT2D eigenvalue weighted by Gasteiger charge is 2.51. The lowest BCUT2D eigenvalue weighted by Gasteiger charge is -2.28. The van der Waals surface area contributed by atoms with E-state index in [4.69, 9.17) is 0 Å². The van der Waals surface area contributed by atoms with Crippen LogP contribution in [0.5, 0.6) is 0 Å². The van der Waals surface area contributed by atoms with Crippen LogP contribution < -0.4 is 5.32 Å². The number of likely N-dealkylation sites (N-methyl/N-ethyl adjacent to an activating group) is 1. The van der Waals surface area contributed by atoms with E-state index in [9.17, 15) is 31.6 Å². The average molecular weight is 429 g/mol. The summed E-state index contributed by atoms with van der Waals surface area (Å²) < 4.78 is 51.2. The van der Waals surface area contributed by atoms with E-state index >= 15 is 0 Å². The van der Waals surface area contributed by atoms with Gasteiger partial charge < -0.3 is 10.2 Å². The number of amides is 4. The Morgan fingerprint density at radius 2 is 2.03 bits per heavy atom. The van der Waals surface area contributed by atoms with Crippen LogP contribution in [-0.4, -0.2) is 66.7 Å². The normalized spacial score (nSPS) is 25.9. The van der Waals surface area contributed by atoms with Gasteiger partial charge in [0, 0.05) is 18.2 Å². The van der Waals surface area contributed by atoms with Gasteiger partial charge in [0.2, 0.25) is 5.91 Å². The number of sulfone groups is 1. The van der Waals surface area contributed by atoms with Crippen molar-refractivity contribution in [3.05, 3.63) is 35.4 Å². The fourth-order valence-electron chi connectivity index (χ4n) is 3.79. The fraction of sp³-hybridized carbons (Fsp3) is 0.500. The van der Waals surface area contributed by atoms with E-state index in [0.717, 1.165) is 18.2 Å². The summed E-state index contributed by atoms with van der Waals surface area (Å²) in [4.78, 5) is 39.9. The van der Waals surface area contributed by atoms with Gasteiger partial charge in [-0.1, -0.05) is 0 Å². The summed E-state index contributed by atoms with van der Waals surface area (Å²) in [7, 11) is -3.23. The number of imide groups is 1. The second-order valence-electron chi connectivity index (χ2n) is 7.31. The number of carbonyl (C=O) groups is 3. The summed E-state index contributed by atoms with van der Waals surface area (Å²) in [5.74, 6) is -3.33. The molecule has 3 rings (SSSR count). The summed E-state index contributed by atoms with van der Waals surface area (Å²) in [6.45, 7) is 2.48. The van der Waals surface area contributed by atoms with Gasteiger partial charge in [0.1, 0.15) is 23.7 Å². The molecular formula is C18H21F2N3O5S. The molecule has 2 aliphatic rings. The van der Waals surface area contributed by atoms with E-state index in [0.29, 0.717) is 4.90 Å². The van der Waals surface area contributed by atoms with Crippen molar-refractivity contribution >= 4 is 27.7 Å². The lowest BCUT2D eigenvalue weighted by atomic mass is 9.91. The van der Waals surface area contributed by atoms with E-state index in [1.807, 2.05) is 0 Å². The third-order valence-corrected chi connectivity index (χ3v) is 7.10. The third-order valence-electron chi connectivity index (χ3n) is 5.35. The Labute approximate surface area is 166 Å². The minimum absolute atomic E-state index is 0.0263. The monoisotopic (exact) mass is 429 g/mol. The smallest absolute Gasteiger partial charge is 0.325 e. The molecule has 29 heavy (non-hydrogen) atoms. The van der Waals surface area contributed by atoms with Crippen molar-refractivity contribution in [2.24, 2.45) is 0 Å². The Morgan fingerprint density at radius 1 is 1.34 bits per heavy atom. The van der Waals surface area contributed by atoms with Crippen LogP contribution in [-0.2, 0) is 25.0 Å². The lowest BCUT2D eigenvalue weighted by molar-refractivity contribution is -0.139. The maximum atomic E-state index is 14.2. The Morgan fingerprint density at radius 3 is 2.62 bits per heavy atom. The largest absolute Gasteiger partial charge is 0.337 e. The molecule has 0 spiro atoms. The Balaban J connectivity index is 1.81. The number of carbonyl (C=O) groups excluding carboxylic acids is 3. The maximum absolute atomic E-state index is 14.2. The van der Waals surface area contributed by atoms with Crippen molar-refractivity contribution in [3.8, 4) is 0 Å². The first kappa shape index (κ1) is 21.2. The molecule has 0 bridgehead atoms. The van der Waals surface area contributed by atoms with Crippen LogP contribution in [0.3, 0.4) is 0 Å². The van der Waals surface area contributed by atoms with Crippen LogP contribution in [0, 0.1) is 11.6 Å². The second-order valence-corrected chi connectivity index (χ2v) is 9.54. The second kappa shape index (κ2) is 7.36. The molecule has 1 aromatic carbocycles. The highest BCUT2D eigenvalue weighted by Crippen LogP contribution is 2.31. The van der Waals surface area contributed by atoms with Crippen molar-refractivity contribution < 1.29 is 31.6 Å². The van der Waals surface area contributed by atoms with Crippen LogP contribution in [0.4, 0.5) is 13.6 Å². The molecule has 2 aliphatic heterocycles. The van der Waals surface area contributed by atoms with Gasteiger partial charge in [-0.25, -0.2) is 22.0 Å². The SMILES string of the molecule is CCN(C(=O)CN1C(=O)NC(C)(c2cc(F)ccc2F)C1=O)C1CCS(=O)(=O)C1. The molecule has 2 atom stereocenters. The molecule has 0 saturated carbocycles. The average Bonchev–Trinajstić information content (AvgIpc) is 3.10. The molecule has 2 unspecified atom stereocenters. The van der Waals surface area contributed by atoms with E-state index in [1.165, 1.54) is 11.8 Å². The van der Waals surface area contributed by atoms with Gasteiger partial charge in [-0.15, -0.1) is 0 Å². The van der Waals surface area contributed by atoms with Crippen molar-refractivity contribution in [1.82, 2.24) is 15.1 Å². The number of nitrogens with zero attached hydrogens (tertiary/aromatic N) is 2. The van der Waals surface area contributed by atoms with Gasteiger partial charge in [0.15, 0.2) is 9.84 Å². The number of halogens is 2. The van der Waals surface area contributed by atoms with E-state index in [1.54, 1.807) is 6.92 Å². The minimum Gasteiger partial charge on any atom is -0.337 e. The summed E-state index contributed by atoms with van der Waals surface area (Å²) >= 11 is 0. The van der Waals surface area contributed by atoms with Gasteiger partial charge >= 0.3 is 6.03 Å². The highest BCUT2D eigenvalue weighted by molar-refractivity contribution is 7.91. The van der Waals surface area contributed by atoms with Gasteiger partial charge in [-0.2, -0.15) is 0 Å². The topological polar surface area (TPSA) is 104 Å². The zero-order valence-electron chi connectivity index (χ0n) is 15.9. The van der Waals surface area contributed by atoms with Crippen LogP contribution >= 0.6 is 0 Å². The first-order valence-corrected chi connectivity index (χ1v) is 10.9. The van der Waals surface area contributed by atoms with Gasteiger partial charge in [-0.3, -0.25) is 14.5 Å². The zero-order chi connectivity index (χ0) is 21.6. The maximum Gasteiger partial charge on any atom is 0.325 e. The number of hydrogen-bond acceptors (Lipinski definition) is 5. The quantitative estimate of drug-likeness (QED) is 0.697. The predicted molar refractivity (Wildman–Crippen MR) is 98.4 cm³/mol. The molecule has 0 radical (unpaired) electrons. The standard InChI is InChI=1S/C18H21F2N3O5S/c1-3-22(12-6-7-29(27,28)10-12)15(24)9-23-16(25)18(2,21-17(23)26)13-8-11(19)4-5-14(13)20/h4-5,8,12H,3,6-7,9-10H2,1-2H3,(H,21,26). The van der Waals surface area contributed by atoms with Crippen LogP contribution in [0.15, 0.2) is 18.2 Å². The fourth-order valence-corrected chi connectivity index (χ4v) is 5.52. The highest BCUT2D eigenvalue weighted by atomic mass is 32.2. The molecule has 2 saturated heterocycles. The van der Waals surface area contributed by atoms with E-state index < -0.39 is 57.4 Å². The molecule has 158 valence electrons. The zero-order valence-corrected chi connectivity index (χ0v) is 16.8. The number of urea groups is 1. The number of rotatable bonds is 5. The van der Waals surface area contributed by atoms with Gasteiger partial charge in [0.25, 0.3) is 5.91 Å². The Hall–Kier alpha value is -2.56. The predicted octanol–water partition coefficient (Wildman–Crippen LogP) is 0.767. The van der Waals surface area contributed by atoms with Gasteiger partial charge in [-0.05, 0) is 38.5 Å². The molecule has 11 heteroatoms. The molecule has 1 N–H and O–H groups in total. The summed E-state index contributed by atoms with van der Waals surface area (Å²) in [5, 5.41) is 2.32. The minimum atomic E-state index is -3.23. The van der Waals surface area contributed by atoms with Crippen molar-refractivity contribution in [2.45, 2.75) is 31.8 Å². The summed E-state index contributed by atoms with van der Waals surface area (Å²) in [6, 6.07) is 1.12.